The predicted octanol–water partition coefficient (Wildman–Crippen LogP) is 19.1. The monoisotopic (exact) mass is 957 g/mol. The van der Waals surface area contributed by atoms with Crippen molar-refractivity contribution >= 4 is 17.9 Å². The fraction of sp³-hybridized carbons (Fsp3) is 0.667. The van der Waals surface area contributed by atoms with Gasteiger partial charge in [-0.3, -0.25) is 14.4 Å². The van der Waals surface area contributed by atoms with E-state index in [1.54, 1.807) is 0 Å². The molecular formula is C63H104O6. The smallest absolute Gasteiger partial charge is 0.306 e. The van der Waals surface area contributed by atoms with Crippen LogP contribution < -0.4 is 0 Å². The lowest BCUT2D eigenvalue weighted by atomic mass is 10.1. The van der Waals surface area contributed by atoms with Crippen LogP contribution in [0.2, 0.25) is 0 Å². The number of unbranched alkanes of at least 4 members (excludes halogenated alkanes) is 21. The first kappa shape index (κ1) is 65.1. The Labute approximate surface area is 425 Å². The number of allylic oxidation sites excluding steroid dienone is 18. The van der Waals surface area contributed by atoms with Gasteiger partial charge < -0.3 is 14.2 Å². The molecule has 69 heavy (non-hydrogen) atoms. The van der Waals surface area contributed by atoms with Crippen LogP contribution in [0.3, 0.4) is 0 Å². The van der Waals surface area contributed by atoms with Gasteiger partial charge in [0.15, 0.2) is 6.10 Å². The van der Waals surface area contributed by atoms with Gasteiger partial charge >= 0.3 is 17.9 Å². The average molecular weight is 958 g/mol. The summed E-state index contributed by atoms with van der Waals surface area (Å²) in [6.45, 7) is 6.33. The molecule has 0 fully saturated rings. The molecule has 0 N–H and O–H groups in total. The second-order valence-electron chi connectivity index (χ2n) is 18.4. The lowest BCUT2D eigenvalue weighted by Crippen LogP contribution is -2.30. The van der Waals surface area contributed by atoms with E-state index in [2.05, 4.69) is 124 Å². The zero-order chi connectivity index (χ0) is 50.0. The van der Waals surface area contributed by atoms with Crippen LogP contribution in [0.25, 0.3) is 0 Å². The van der Waals surface area contributed by atoms with Gasteiger partial charge in [0, 0.05) is 19.3 Å². The van der Waals surface area contributed by atoms with E-state index < -0.39 is 6.10 Å². The van der Waals surface area contributed by atoms with Crippen LogP contribution in [-0.2, 0) is 28.6 Å². The molecule has 1 unspecified atom stereocenters. The Morgan fingerprint density at radius 1 is 0.304 bits per heavy atom. The highest BCUT2D eigenvalue weighted by Gasteiger charge is 2.19. The lowest BCUT2D eigenvalue weighted by Gasteiger charge is -2.18. The summed E-state index contributed by atoms with van der Waals surface area (Å²) in [5.74, 6) is -1.00. The number of carbonyl (C=O) groups is 3. The molecule has 0 aliphatic rings. The second kappa shape index (κ2) is 56.7. The zero-order valence-electron chi connectivity index (χ0n) is 44.8. The minimum atomic E-state index is -0.814. The highest BCUT2D eigenvalue weighted by Crippen LogP contribution is 2.14. The Morgan fingerprint density at radius 3 is 0.986 bits per heavy atom. The van der Waals surface area contributed by atoms with Crippen LogP contribution >= 0.6 is 0 Å². The summed E-state index contributed by atoms with van der Waals surface area (Å²) in [4.78, 5) is 38.1. The van der Waals surface area contributed by atoms with Crippen LogP contribution in [0.4, 0.5) is 0 Å². The quantitative estimate of drug-likeness (QED) is 0.0262. The number of hydrogen-bond acceptors (Lipinski definition) is 6. The predicted molar refractivity (Wildman–Crippen MR) is 297 cm³/mol. The molecule has 0 rings (SSSR count). The minimum absolute atomic E-state index is 0.107. The van der Waals surface area contributed by atoms with E-state index in [0.717, 1.165) is 96.3 Å². The first-order valence-corrected chi connectivity index (χ1v) is 28.4. The maximum Gasteiger partial charge on any atom is 0.306 e. The lowest BCUT2D eigenvalue weighted by molar-refractivity contribution is -0.166. The molecule has 0 saturated heterocycles. The van der Waals surface area contributed by atoms with E-state index in [0.29, 0.717) is 19.3 Å². The SMILES string of the molecule is CC/C=C\C/C=C\C/C=C\C/C=C\CCCCCCCCCCC(=O)OCC(COC(=O)CC/C=C\C/C=C\C/C=C\C/C=C\CC)OC(=O)CCCCCCCCC/C=C\CCCCCCCC. The first-order valence-electron chi connectivity index (χ1n) is 28.4. The highest BCUT2D eigenvalue weighted by atomic mass is 16.6. The van der Waals surface area contributed by atoms with Gasteiger partial charge in [0.2, 0.25) is 0 Å². The van der Waals surface area contributed by atoms with Gasteiger partial charge in [-0.2, -0.15) is 0 Å². The van der Waals surface area contributed by atoms with Gasteiger partial charge in [-0.05, 0) is 109 Å². The molecule has 0 aromatic rings. The Bertz CT molecular complexity index is 1420. The molecule has 0 aliphatic carbocycles. The van der Waals surface area contributed by atoms with E-state index in [1.807, 2.05) is 6.08 Å². The minimum Gasteiger partial charge on any atom is -0.462 e. The largest absolute Gasteiger partial charge is 0.462 e. The van der Waals surface area contributed by atoms with Crippen molar-refractivity contribution in [2.45, 2.75) is 258 Å². The van der Waals surface area contributed by atoms with E-state index in [1.165, 1.54) is 109 Å². The number of esters is 3. The van der Waals surface area contributed by atoms with Crippen molar-refractivity contribution in [3.8, 4) is 0 Å². The van der Waals surface area contributed by atoms with E-state index in [9.17, 15) is 14.4 Å². The van der Waals surface area contributed by atoms with Crippen LogP contribution in [0.15, 0.2) is 109 Å². The fourth-order valence-electron chi connectivity index (χ4n) is 7.56. The summed E-state index contributed by atoms with van der Waals surface area (Å²) < 4.78 is 16.8. The summed E-state index contributed by atoms with van der Waals surface area (Å²) in [7, 11) is 0. The molecule has 6 nitrogen and oxygen atoms in total. The molecule has 1 atom stereocenters. The number of hydrogen-bond donors (Lipinski definition) is 0. The number of rotatable bonds is 50. The second-order valence-corrected chi connectivity index (χ2v) is 18.4. The standard InChI is InChI=1S/C63H104O6/c1-4-7-10-13-16-19-22-25-27-29-30-31-32-34-35-38-41-44-47-50-53-56-62(65)68-59-60(58-67-61(64)55-52-49-46-43-40-37-24-21-18-15-12-9-6-3)69-63(66)57-54-51-48-45-42-39-36-33-28-26-23-20-17-14-11-8-5-2/h7,9-10,12,16,18-19,21,25-28,30-31,37,40,46,49,60H,4-6,8,11,13-15,17,20,22-24,29,32-36,38-39,41-45,47-48,50-59H2,1-3H3/b10-7-,12-9-,19-16-,21-18-,27-25-,28-26-,31-30-,40-37-,49-46-. The van der Waals surface area contributed by atoms with Crippen molar-refractivity contribution in [3.63, 3.8) is 0 Å². The summed E-state index contributed by atoms with van der Waals surface area (Å²) in [6.07, 6.45) is 76.6. The van der Waals surface area contributed by atoms with Gasteiger partial charge in [0.05, 0.1) is 0 Å². The molecule has 0 radical (unpaired) electrons. The molecule has 392 valence electrons. The van der Waals surface area contributed by atoms with Gasteiger partial charge in [0.1, 0.15) is 13.2 Å². The van der Waals surface area contributed by atoms with Crippen molar-refractivity contribution in [2.24, 2.45) is 0 Å². The maximum atomic E-state index is 12.8. The Hall–Kier alpha value is -3.93. The van der Waals surface area contributed by atoms with Crippen molar-refractivity contribution in [1.29, 1.82) is 0 Å². The summed E-state index contributed by atoms with van der Waals surface area (Å²) >= 11 is 0. The van der Waals surface area contributed by atoms with Gasteiger partial charge in [-0.25, -0.2) is 0 Å². The van der Waals surface area contributed by atoms with E-state index in [4.69, 9.17) is 14.2 Å². The molecule has 0 saturated carbocycles. The topological polar surface area (TPSA) is 78.9 Å². The van der Waals surface area contributed by atoms with Crippen LogP contribution in [0.1, 0.15) is 252 Å². The molecule has 0 aromatic carbocycles. The van der Waals surface area contributed by atoms with Crippen LogP contribution in [-0.4, -0.2) is 37.2 Å². The first-order chi connectivity index (χ1) is 34.0. The summed E-state index contributed by atoms with van der Waals surface area (Å²) in [6, 6.07) is 0. The number of carbonyl (C=O) groups excluding carboxylic acids is 3. The molecule has 0 heterocycles. The average Bonchev–Trinajstić information content (AvgIpc) is 3.35. The Balaban J connectivity index is 4.44. The van der Waals surface area contributed by atoms with Crippen molar-refractivity contribution in [2.75, 3.05) is 13.2 Å². The molecule has 0 aromatic heterocycles. The highest BCUT2D eigenvalue weighted by molar-refractivity contribution is 5.71. The van der Waals surface area contributed by atoms with Crippen molar-refractivity contribution < 1.29 is 28.6 Å². The molecule has 6 heteroatoms. The van der Waals surface area contributed by atoms with Gasteiger partial charge in [0.25, 0.3) is 0 Å². The van der Waals surface area contributed by atoms with E-state index in [-0.39, 0.29) is 37.5 Å². The summed E-state index contributed by atoms with van der Waals surface area (Å²) in [5.41, 5.74) is 0. The Kier molecular flexibility index (Phi) is 53.4. The normalized spacial score (nSPS) is 12.9. The molecular weight excluding hydrogens is 853 g/mol. The van der Waals surface area contributed by atoms with Crippen LogP contribution in [0, 0.1) is 0 Å². The van der Waals surface area contributed by atoms with Gasteiger partial charge in [-0.15, -0.1) is 0 Å². The molecule has 0 spiro atoms. The zero-order valence-corrected chi connectivity index (χ0v) is 44.8. The number of ether oxygens (including phenoxy) is 3. The Morgan fingerprint density at radius 2 is 0.594 bits per heavy atom. The molecule has 0 bridgehead atoms. The van der Waals surface area contributed by atoms with Gasteiger partial charge in [-0.1, -0.05) is 233 Å². The third-order valence-corrected chi connectivity index (χ3v) is 11.8. The summed E-state index contributed by atoms with van der Waals surface area (Å²) in [5, 5.41) is 0. The third kappa shape index (κ3) is 54.9. The maximum absolute atomic E-state index is 12.8. The van der Waals surface area contributed by atoms with Crippen LogP contribution in [0.5, 0.6) is 0 Å². The molecule has 0 aliphatic heterocycles. The van der Waals surface area contributed by atoms with Crippen molar-refractivity contribution in [3.05, 3.63) is 109 Å². The van der Waals surface area contributed by atoms with E-state index >= 15 is 0 Å². The third-order valence-electron chi connectivity index (χ3n) is 11.8. The fourth-order valence-corrected chi connectivity index (χ4v) is 7.56. The molecule has 0 amide bonds. The van der Waals surface area contributed by atoms with Crippen molar-refractivity contribution in [1.82, 2.24) is 0 Å².